The molecule has 0 bridgehead atoms. The van der Waals surface area contributed by atoms with Gasteiger partial charge in [0.25, 0.3) is 0 Å². The van der Waals surface area contributed by atoms with Crippen LogP contribution >= 0.6 is 23.1 Å². The number of carbonyl (C=O) groups excluding carboxylic acids is 2. The average molecular weight is 368 g/mol. The highest BCUT2D eigenvalue weighted by molar-refractivity contribution is 7.99. The molecule has 0 aromatic carbocycles. The molecule has 0 unspecified atom stereocenters. The number of nitrogens with two attached hydrogens (primary N) is 1. The molecule has 0 saturated carbocycles. The summed E-state index contributed by atoms with van der Waals surface area (Å²) >= 11 is 2.89. The minimum Gasteiger partial charge on any atom is -0.370 e. The van der Waals surface area contributed by atoms with Gasteiger partial charge in [-0.1, -0.05) is 17.8 Å². The third kappa shape index (κ3) is 4.57. The van der Waals surface area contributed by atoms with Gasteiger partial charge in [-0.2, -0.15) is 0 Å². The quantitative estimate of drug-likeness (QED) is 0.683. The molecule has 130 valence electrons. The van der Waals surface area contributed by atoms with E-state index in [1.807, 2.05) is 35.9 Å². The summed E-state index contributed by atoms with van der Waals surface area (Å²) in [4.78, 5) is 26.0. The summed E-state index contributed by atoms with van der Waals surface area (Å²) in [7, 11) is 0. The number of nitrogens with zero attached hydrogens (tertiary/aromatic N) is 4. The van der Waals surface area contributed by atoms with Gasteiger partial charge >= 0.3 is 0 Å². The van der Waals surface area contributed by atoms with Gasteiger partial charge in [0, 0.05) is 26.1 Å². The molecule has 2 aromatic heterocycles. The summed E-state index contributed by atoms with van der Waals surface area (Å²) in [6.07, 6.45) is 0.202. The van der Waals surface area contributed by atoms with Crippen LogP contribution in [-0.4, -0.2) is 50.3 Å². The Labute approximate surface area is 149 Å². The number of amides is 2. The summed E-state index contributed by atoms with van der Waals surface area (Å²) < 4.78 is 1.86. The Balaban J connectivity index is 2.16. The van der Waals surface area contributed by atoms with Crippen molar-refractivity contribution < 1.29 is 9.59 Å². The molecular formula is C15H21N5O2S2. The number of rotatable bonds is 9. The normalized spacial score (nSPS) is 10.8. The molecule has 24 heavy (non-hydrogen) atoms. The lowest BCUT2D eigenvalue weighted by molar-refractivity contribution is -0.128. The van der Waals surface area contributed by atoms with E-state index in [-0.39, 0.29) is 18.2 Å². The van der Waals surface area contributed by atoms with Crippen molar-refractivity contribution in [3.8, 4) is 10.7 Å². The van der Waals surface area contributed by atoms with Crippen LogP contribution in [0.1, 0.15) is 20.3 Å². The van der Waals surface area contributed by atoms with Crippen LogP contribution in [0.3, 0.4) is 0 Å². The Hall–Kier alpha value is -1.87. The Morgan fingerprint density at radius 2 is 2.08 bits per heavy atom. The molecule has 2 heterocycles. The maximum atomic E-state index is 12.2. The van der Waals surface area contributed by atoms with Gasteiger partial charge in [-0.15, -0.1) is 21.5 Å². The first-order chi connectivity index (χ1) is 11.6. The molecule has 0 fully saturated rings. The molecule has 0 radical (unpaired) electrons. The Morgan fingerprint density at radius 1 is 1.33 bits per heavy atom. The molecule has 0 atom stereocenters. The van der Waals surface area contributed by atoms with Gasteiger partial charge in [0.1, 0.15) is 0 Å². The summed E-state index contributed by atoms with van der Waals surface area (Å²) in [6.45, 7) is 5.68. The van der Waals surface area contributed by atoms with E-state index >= 15 is 0 Å². The van der Waals surface area contributed by atoms with Crippen molar-refractivity contribution >= 4 is 34.9 Å². The monoisotopic (exact) mass is 367 g/mol. The molecule has 0 aliphatic rings. The predicted octanol–water partition coefficient (Wildman–Crippen LogP) is 1.84. The lowest BCUT2D eigenvalue weighted by atomic mass is 10.4. The maximum absolute atomic E-state index is 12.2. The second-order valence-corrected chi connectivity index (χ2v) is 6.90. The highest BCUT2D eigenvalue weighted by atomic mass is 32.2. The minimum atomic E-state index is -0.379. The summed E-state index contributed by atoms with van der Waals surface area (Å²) in [5.74, 6) is 0.674. The Kier molecular flexibility index (Phi) is 6.80. The molecule has 9 heteroatoms. The van der Waals surface area contributed by atoms with Gasteiger partial charge in [-0.05, 0) is 25.3 Å². The van der Waals surface area contributed by atoms with E-state index < -0.39 is 0 Å². The highest BCUT2D eigenvalue weighted by Crippen LogP contribution is 2.27. The molecular weight excluding hydrogens is 346 g/mol. The molecule has 0 saturated heterocycles. The molecule has 2 N–H and O–H groups in total. The average Bonchev–Trinajstić information content (AvgIpc) is 3.21. The number of aromatic nitrogens is 3. The van der Waals surface area contributed by atoms with E-state index in [0.29, 0.717) is 36.4 Å². The van der Waals surface area contributed by atoms with E-state index in [0.717, 1.165) is 4.88 Å². The first kappa shape index (κ1) is 18.5. The molecule has 2 amide bonds. The predicted molar refractivity (Wildman–Crippen MR) is 95.8 cm³/mol. The van der Waals surface area contributed by atoms with E-state index in [1.165, 1.54) is 11.8 Å². The molecule has 2 rings (SSSR count). The van der Waals surface area contributed by atoms with Gasteiger partial charge in [0.2, 0.25) is 11.8 Å². The molecule has 0 spiro atoms. The number of primary amides is 1. The van der Waals surface area contributed by atoms with Gasteiger partial charge < -0.3 is 15.2 Å². The SMILES string of the molecule is CCN(CC)C(=O)CSc1nnc(-c2cccs2)n1CCC(N)=O. The number of thioether (sulfide) groups is 1. The molecule has 0 aliphatic carbocycles. The van der Waals surface area contributed by atoms with Crippen molar-refractivity contribution in [1.82, 2.24) is 19.7 Å². The number of thiophene rings is 1. The molecule has 7 nitrogen and oxygen atoms in total. The standard InChI is InChI=1S/C15H21N5O2S2/c1-3-19(4-2)13(22)10-24-15-18-17-14(11-6-5-9-23-11)20(15)8-7-12(16)21/h5-6,9H,3-4,7-8,10H2,1-2H3,(H2,16,21). The smallest absolute Gasteiger partial charge is 0.233 e. The van der Waals surface area contributed by atoms with Crippen molar-refractivity contribution in [1.29, 1.82) is 0 Å². The zero-order chi connectivity index (χ0) is 17.5. The third-order valence-corrected chi connectivity index (χ3v) is 5.30. The first-order valence-corrected chi connectivity index (χ1v) is 9.59. The Morgan fingerprint density at radius 3 is 2.67 bits per heavy atom. The molecule has 2 aromatic rings. The second kappa shape index (κ2) is 8.84. The fraction of sp³-hybridized carbons (Fsp3) is 0.467. The lowest BCUT2D eigenvalue weighted by Crippen LogP contribution is -2.32. The highest BCUT2D eigenvalue weighted by Gasteiger charge is 2.18. The number of hydrogen-bond acceptors (Lipinski definition) is 6. The summed E-state index contributed by atoms with van der Waals surface area (Å²) in [6, 6.07) is 3.88. The number of hydrogen-bond donors (Lipinski definition) is 1. The van der Waals surface area contributed by atoms with Crippen molar-refractivity contribution in [2.75, 3.05) is 18.8 Å². The van der Waals surface area contributed by atoms with Crippen LogP contribution in [-0.2, 0) is 16.1 Å². The topological polar surface area (TPSA) is 94.1 Å². The van der Waals surface area contributed by atoms with E-state index in [2.05, 4.69) is 10.2 Å². The lowest BCUT2D eigenvalue weighted by Gasteiger charge is -2.18. The van der Waals surface area contributed by atoms with Gasteiger partial charge in [0.15, 0.2) is 11.0 Å². The van der Waals surface area contributed by atoms with Crippen LogP contribution in [0.2, 0.25) is 0 Å². The van der Waals surface area contributed by atoms with Crippen LogP contribution in [0.25, 0.3) is 10.7 Å². The maximum Gasteiger partial charge on any atom is 0.233 e. The fourth-order valence-electron chi connectivity index (χ4n) is 2.20. The van der Waals surface area contributed by atoms with Crippen molar-refractivity contribution in [2.24, 2.45) is 5.73 Å². The molecule has 0 aliphatic heterocycles. The summed E-state index contributed by atoms with van der Waals surface area (Å²) in [5.41, 5.74) is 5.27. The van der Waals surface area contributed by atoms with Crippen LogP contribution in [0.5, 0.6) is 0 Å². The van der Waals surface area contributed by atoms with E-state index in [4.69, 9.17) is 5.73 Å². The first-order valence-electron chi connectivity index (χ1n) is 7.72. The largest absolute Gasteiger partial charge is 0.370 e. The number of carbonyl (C=O) groups is 2. The summed E-state index contributed by atoms with van der Waals surface area (Å²) in [5, 5.41) is 11.0. The van der Waals surface area contributed by atoms with E-state index in [9.17, 15) is 9.59 Å². The third-order valence-electron chi connectivity index (χ3n) is 3.48. The van der Waals surface area contributed by atoms with Crippen molar-refractivity contribution in [3.05, 3.63) is 17.5 Å². The van der Waals surface area contributed by atoms with Gasteiger partial charge in [-0.3, -0.25) is 9.59 Å². The van der Waals surface area contributed by atoms with Gasteiger partial charge in [0.05, 0.1) is 10.6 Å². The van der Waals surface area contributed by atoms with Crippen LogP contribution < -0.4 is 5.73 Å². The second-order valence-electron chi connectivity index (χ2n) is 5.01. The van der Waals surface area contributed by atoms with Crippen LogP contribution in [0.4, 0.5) is 0 Å². The van der Waals surface area contributed by atoms with Crippen molar-refractivity contribution in [2.45, 2.75) is 32.0 Å². The Bertz CT molecular complexity index is 680. The van der Waals surface area contributed by atoms with Crippen LogP contribution in [0, 0.1) is 0 Å². The van der Waals surface area contributed by atoms with E-state index in [1.54, 1.807) is 16.2 Å². The van der Waals surface area contributed by atoms with Crippen LogP contribution in [0.15, 0.2) is 22.7 Å². The van der Waals surface area contributed by atoms with Crippen molar-refractivity contribution in [3.63, 3.8) is 0 Å². The zero-order valence-corrected chi connectivity index (χ0v) is 15.4. The fourth-order valence-corrected chi connectivity index (χ4v) is 3.79. The zero-order valence-electron chi connectivity index (χ0n) is 13.8. The van der Waals surface area contributed by atoms with Gasteiger partial charge in [-0.25, -0.2) is 0 Å². The minimum absolute atomic E-state index is 0.0622.